The molecule has 17 heavy (non-hydrogen) atoms. The summed E-state index contributed by atoms with van der Waals surface area (Å²) in [4.78, 5) is 9.37. The fraction of sp³-hybridized carbons (Fsp3) is 0.200. The van der Waals surface area contributed by atoms with Gasteiger partial charge in [0.05, 0.1) is 27.8 Å². The summed E-state index contributed by atoms with van der Waals surface area (Å²) in [6, 6.07) is 1.57. The van der Waals surface area contributed by atoms with Crippen LogP contribution in [0, 0.1) is 6.92 Å². The number of halogens is 3. The van der Waals surface area contributed by atoms with Crippen LogP contribution in [-0.2, 0) is 6.54 Å². The summed E-state index contributed by atoms with van der Waals surface area (Å²) >= 11 is 19.2. The smallest absolute Gasteiger partial charge is 0.150 e. The van der Waals surface area contributed by atoms with Crippen molar-refractivity contribution in [3.05, 3.63) is 37.3 Å². The molecule has 0 unspecified atom stereocenters. The van der Waals surface area contributed by atoms with Crippen molar-refractivity contribution < 1.29 is 0 Å². The molecule has 0 atom stereocenters. The minimum absolute atomic E-state index is 0.236. The monoisotopic (exact) mass is 307 g/mol. The Kier molecular flexibility index (Phi) is 4.09. The second kappa shape index (κ2) is 5.40. The zero-order valence-electron chi connectivity index (χ0n) is 8.80. The number of aryl methyl sites for hydroxylation is 1. The molecule has 7 heteroatoms. The number of anilines is 1. The van der Waals surface area contributed by atoms with E-state index in [9.17, 15) is 0 Å². The molecule has 0 fully saturated rings. The van der Waals surface area contributed by atoms with E-state index >= 15 is 0 Å². The van der Waals surface area contributed by atoms with Crippen molar-refractivity contribution in [2.24, 2.45) is 0 Å². The van der Waals surface area contributed by atoms with E-state index in [1.54, 1.807) is 22.9 Å². The van der Waals surface area contributed by atoms with Crippen LogP contribution < -0.4 is 5.32 Å². The number of aromatic nitrogens is 2. The molecule has 0 aliphatic rings. The van der Waals surface area contributed by atoms with Gasteiger partial charge >= 0.3 is 0 Å². The highest BCUT2D eigenvalue weighted by molar-refractivity contribution is 7.09. The van der Waals surface area contributed by atoms with Crippen LogP contribution in [0.3, 0.4) is 0 Å². The van der Waals surface area contributed by atoms with Crippen molar-refractivity contribution in [2.45, 2.75) is 13.5 Å². The van der Waals surface area contributed by atoms with Crippen molar-refractivity contribution in [3.63, 3.8) is 0 Å². The summed E-state index contributed by atoms with van der Waals surface area (Å²) in [5.41, 5.74) is 2.80. The second-order valence-corrected chi connectivity index (χ2v) is 5.42. The lowest BCUT2D eigenvalue weighted by Gasteiger charge is -2.07. The maximum atomic E-state index is 6.00. The maximum absolute atomic E-state index is 6.00. The Balaban J connectivity index is 2.14. The third kappa shape index (κ3) is 3.01. The highest BCUT2D eigenvalue weighted by atomic mass is 35.5. The molecule has 0 bridgehead atoms. The summed E-state index contributed by atoms with van der Waals surface area (Å²) in [7, 11) is 0. The predicted octanol–water partition coefficient (Wildman–Crippen LogP) is 4.42. The van der Waals surface area contributed by atoms with Crippen LogP contribution in [0.5, 0.6) is 0 Å². The van der Waals surface area contributed by atoms with Gasteiger partial charge in [-0.2, -0.15) is 0 Å². The molecule has 2 aromatic rings. The average molecular weight is 309 g/mol. The summed E-state index contributed by atoms with van der Waals surface area (Å²) in [6.45, 7) is 2.57. The lowest BCUT2D eigenvalue weighted by atomic mass is 10.4. The zero-order chi connectivity index (χ0) is 12.4. The number of nitrogens with zero attached hydrogens (tertiary/aromatic N) is 2. The van der Waals surface area contributed by atoms with Crippen LogP contribution in [0.1, 0.15) is 10.6 Å². The minimum Gasteiger partial charge on any atom is -0.364 e. The van der Waals surface area contributed by atoms with Crippen molar-refractivity contribution in [2.75, 3.05) is 5.32 Å². The number of hydrogen-bond acceptors (Lipinski definition) is 4. The number of rotatable bonds is 3. The van der Waals surface area contributed by atoms with Crippen LogP contribution in [0.4, 0.5) is 5.82 Å². The van der Waals surface area contributed by atoms with Gasteiger partial charge in [-0.3, -0.25) is 0 Å². The number of hydrogen-bond donors (Lipinski definition) is 1. The molecule has 0 aliphatic heterocycles. The Morgan fingerprint density at radius 3 is 2.71 bits per heavy atom. The van der Waals surface area contributed by atoms with Crippen molar-refractivity contribution >= 4 is 52.0 Å². The maximum Gasteiger partial charge on any atom is 0.150 e. The first-order valence-electron chi connectivity index (χ1n) is 4.72. The van der Waals surface area contributed by atoms with Gasteiger partial charge in [0.15, 0.2) is 0 Å². The van der Waals surface area contributed by atoms with Gasteiger partial charge in [0, 0.05) is 4.88 Å². The molecule has 1 N–H and O–H groups in total. The summed E-state index contributed by atoms with van der Waals surface area (Å²) in [5.74, 6) is 0.522. The topological polar surface area (TPSA) is 37.8 Å². The molecule has 0 saturated carbocycles. The first-order chi connectivity index (χ1) is 8.08. The number of pyridine rings is 1. The third-order valence-corrected chi connectivity index (χ3v) is 4.04. The Labute approximate surface area is 118 Å². The quantitative estimate of drug-likeness (QED) is 0.853. The van der Waals surface area contributed by atoms with Gasteiger partial charge in [-0.25, -0.2) is 9.97 Å². The molecule has 2 heterocycles. The van der Waals surface area contributed by atoms with E-state index in [0.29, 0.717) is 22.4 Å². The van der Waals surface area contributed by atoms with Crippen LogP contribution in [0.2, 0.25) is 15.2 Å². The highest BCUT2D eigenvalue weighted by Crippen LogP contribution is 2.29. The molecule has 0 aromatic carbocycles. The molecule has 2 rings (SSSR count). The summed E-state index contributed by atoms with van der Waals surface area (Å²) in [6.07, 6.45) is 0. The normalized spacial score (nSPS) is 10.6. The SMILES string of the molecule is Cc1ncsc1CNc1nc(Cl)c(Cl)cc1Cl. The van der Waals surface area contributed by atoms with Gasteiger partial charge in [-0.05, 0) is 13.0 Å². The van der Waals surface area contributed by atoms with Gasteiger partial charge in [-0.15, -0.1) is 11.3 Å². The van der Waals surface area contributed by atoms with Gasteiger partial charge in [-0.1, -0.05) is 34.8 Å². The predicted molar refractivity (Wildman–Crippen MR) is 73.4 cm³/mol. The fourth-order valence-corrected chi connectivity index (χ4v) is 2.51. The molecule has 0 saturated heterocycles. The van der Waals surface area contributed by atoms with Crippen molar-refractivity contribution in [1.29, 1.82) is 0 Å². The largest absolute Gasteiger partial charge is 0.364 e. The van der Waals surface area contributed by atoms with E-state index in [-0.39, 0.29) is 5.15 Å². The van der Waals surface area contributed by atoms with E-state index in [1.807, 2.05) is 6.92 Å². The van der Waals surface area contributed by atoms with Gasteiger partial charge < -0.3 is 5.32 Å². The van der Waals surface area contributed by atoms with Crippen molar-refractivity contribution in [1.82, 2.24) is 9.97 Å². The molecule has 0 spiro atoms. The van der Waals surface area contributed by atoms with E-state index < -0.39 is 0 Å². The van der Waals surface area contributed by atoms with Crippen LogP contribution in [0.15, 0.2) is 11.6 Å². The van der Waals surface area contributed by atoms with Crippen LogP contribution >= 0.6 is 46.1 Å². The Hall–Kier alpha value is -0.550. The minimum atomic E-state index is 0.236. The molecule has 2 aromatic heterocycles. The standard InChI is InChI=1S/C10H8Cl3N3S/c1-5-8(17-4-15-5)3-14-10-7(12)2-6(11)9(13)16-10/h2,4H,3H2,1H3,(H,14,16). The molecule has 0 radical (unpaired) electrons. The highest BCUT2D eigenvalue weighted by Gasteiger charge is 2.08. The second-order valence-electron chi connectivity index (χ2n) is 3.31. The lowest BCUT2D eigenvalue weighted by molar-refractivity contribution is 1.10. The zero-order valence-corrected chi connectivity index (χ0v) is 11.9. The molecule has 0 amide bonds. The van der Waals surface area contributed by atoms with E-state index in [1.165, 1.54) is 0 Å². The third-order valence-electron chi connectivity index (χ3n) is 2.15. The Morgan fingerprint density at radius 1 is 1.29 bits per heavy atom. The van der Waals surface area contributed by atoms with Gasteiger partial charge in [0.2, 0.25) is 0 Å². The molecule has 90 valence electrons. The first-order valence-corrected chi connectivity index (χ1v) is 6.73. The molecule has 3 nitrogen and oxygen atoms in total. The van der Waals surface area contributed by atoms with E-state index in [0.717, 1.165) is 10.6 Å². The van der Waals surface area contributed by atoms with Crippen LogP contribution in [-0.4, -0.2) is 9.97 Å². The lowest BCUT2D eigenvalue weighted by Crippen LogP contribution is -2.02. The van der Waals surface area contributed by atoms with Gasteiger partial charge in [0.1, 0.15) is 11.0 Å². The summed E-state index contributed by atoms with van der Waals surface area (Å²) in [5, 5.41) is 4.13. The summed E-state index contributed by atoms with van der Waals surface area (Å²) < 4.78 is 0. The van der Waals surface area contributed by atoms with E-state index in [2.05, 4.69) is 15.3 Å². The average Bonchev–Trinajstić information content (AvgIpc) is 2.68. The Bertz CT molecular complexity index is 542. The fourth-order valence-electron chi connectivity index (χ4n) is 1.23. The Morgan fingerprint density at radius 2 is 2.06 bits per heavy atom. The molecular formula is C10H8Cl3N3S. The number of thiazole rings is 1. The first kappa shape index (κ1) is 12.9. The molecular weight excluding hydrogens is 301 g/mol. The van der Waals surface area contributed by atoms with Crippen LogP contribution in [0.25, 0.3) is 0 Å². The van der Waals surface area contributed by atoms with Gasteiger partial charge in [0.25, 0.3) is 0 Å². The number of nitrogens with one attached hydrogen (secondary N) is 1. The van der Waals surface area contributed by atoms with Crippen molar-refractivity contribution in [3.8, 4) is 0 Å². The van der Waals surface area contributed by atoms with E-state index in [4.69, 9.17) is 34.8 Å². The molecule has 0 aliphatic carbocycles.